The van der Waals surface area contributed by atoms with Gasteiger partial charge in [-0.3, -0.25) is 4.79 Å². The van der Waals surface area contributed by atoms with Gasteiger partial charge in [-0.05, 0) is 47.4 Å². The third-order valence-electron chi connectivity index (χ3n) is 4.41. The first-order valence-corrected chi connectivity index (χ1v) is 12.7. The number of sulfone groups is 1. The zero-order valence-corrected chi connectivity index (χ0v) is 19.2. The Bertz CT molecular complexity index is 1430. The number of nitrogens with zero attached hydrogens (tertiary/aromatic N) is 2. The molecule has 2 N–H and O–H groups in total. The summed E-state index contributed by atoms with van der Waals surface area (Å²) in [4.78, 5) is 20.6. The molecule has 8 nitrogen and oxygen atoms in total. The van der Waals surface area contributed by atoms with Crippen LogP contribution < -0.4 is 15.4 Å². The van der Waals surface area contributed by atoms with Gasteiger partial charge in [-0.15, -0.1) is 11.3 Å². The van der Waals surface area contributed by atoms with E-state index in [1.165, 1.54) is 23.7 Å². The van der Waals surface area contributed by atoms with Crippen LogP contribution in [0.2, 0.25) is 0 Å². The summed E-state index contributed by atoms with van der Waals surface area (Å²) in [6, 6.07) is 15.9. The minimum absolute atomic E-state index is 0.0189. The van der Waals surface area contributed by atoms with Crippen molar-refractivity contribution in [2.75, 3.05) is 16.9 Å². The quantitative estimate of drug-likeness (QED) is 0.345. The Morgan fingerprint density at radius 1 is 1.12 bits per heavy atom. The maximum absolute atomic E-state index is 11.6. The fourth-order valence-electron chi connectivity index (χ4n) is 3.02. The number of rotatable bonds is 8. The first kappa shape index (κ1) is 22.4. The molecule has 0 bridgehead atoms. The Morgan fingerprint density at radius 3 is 2.64 bits per heavy atom. The fraction of sp³-hybridized carbons (Fsp3) is 0.0870. The van der Waals surface area contributed by atoms with Crippen molar-refractivity contribution in [3.05, 3.63) is 78.2 Å². The zero-order chi connectivity index (χ0) is 23.4. The molecule has 0 fully saturated rings. The smallest absolute Gasteiger partial charge is 0.247 e. The molecule has 2 heterocycles. The van der Waals surface area contributed by atoms with Crippen LogP contribution in [-0.4, -0.2) is 30.5 Å². The zero-order valence-electron chi connectivity index (χ0n) is 17.6. The lowest BCUT2D eigenvalue weighted by Gasteiger charge is -2.11. The van der Waals surface area contributed by atoms with Crippen molar-refractivity contribution in [2.24, 2.45) is 0 Å². The third kappa shape index (κ3) is 5.93. The van der Waals surface area contributed by atoms with Gasteiger partial charge in [0.15, 0.2) is 9.84 Å². The molecule has 33 heavy (non-hydrogen) atoms. The summed E-state index contributed by atoms with van der Waals surface area (Å²) in [5.41, 5.74) is 2.70. The second-order valence-electron chi connectivity index (χ2n) is 7.20. The van der Waals surface area contributed by atoms with E-state index in [-0.39, 0.29) is 11.7 Å². The van der Waals surface area contributed by atoms with E-state index in [2.05, 4.69) is 27.2 Å². The molecule has 0 spiro atoms. The van der Waals surface area contributed by atoms with E-state index in [0.29, 0.717) is 34.5 Å². The molecule has 2 aromatic carbocycles. The lowest BCUT2D eigenvalue weighted by atomic mass is 10.2. The number of aromatic nitrogens is 2. The second kappa shape index (κ2) is 9.39. The molecule has 2 aromatic heterocycles. The van der Waals surface area contributed by atoms with E-state index in [1.807, 2.05) is 11.4 Å². The van der Waals surface area contributed by atoms with Crippen molar-refractivity contribution >= 4 is 54.6 Å². The van der Waals surface area contributed by atoms with Gasteiger partial charge in [-0.2, -0.15) is 4.98 Å². The van der Waals surface area contributed by atoms with Crippen LogP contribution in [0, 0.1) is 0 Å². The van der Waals surface area contributed by atoms with Crippen molar-refractivity contribution in [1.29, 1.82) is 0 Å². The van der Waals surface area contributed by atoms with E-state index < -0.39 is 9.84 Å². The number of hydrogen-bond acceptors (Lipinski definition) is 8. The van der Waals surface area contributed by atoms with Crippen molar-refractivity contribution in [3.63, 3.8) is 0 Å². The lowest BCUT2D eigenvalue weighted by molar-refractivity contribution is -0.111. The van der Waals surface area contributed by atoms with Crippen molar-refractivity contribution in [2.45, 2.75) is 5.75 Å². The summed E-state index contributed by atoms with van der Waals surface area (Å²) in [7, 11) is -3.10. The highest BCUT2D eigenvalue weighted by molar-refractivity contribution is 7.89. The summed E-state index contributed by atoms with van der Waals surface area (Å²) in [6.07, 6.45) is 2.40. The Balaban J connectivity index is 1.58. The molecular formula is C23H20N4O4S2. The van der Waals surface area contributed by atoms with E-state index in [1.54, 1.807) is 48.5 Å². The molecule has 4 aromatic rings. The summed E-state index contributed by atoms with van der Waals surface area (Å²) in [6.45, 7) is 3.45. The van der Waals surface area contributed by atoms with Gasteiger partial charge in [0.2, 0.25) is 17.7 Å². The highest BCUT2D eigenvalue weighted by atomic mass is 32.2. The van der Waals surface area contributed by atoms with Crippen LogP contribution in [-0.2, 0) is 20.4 Å². The van der Waals surface area contributed by atoms with Gasteiger partial charge < -0.3 is 15.4 Å². The van der Waals surface area contributed by atoms with Gasteiger partial charge in [0, 0.05) is 23.7 Å². The number of ether oxygens (including phenoxy) is 1. The molecular weight excluding hydrogens is 460 g/mol. The molecule has 0 aliphatic heterocycles. The average molecular weight is 481 g/mol. The number of carbonyl (C=O) groups excluding carboxylic acids is 1. The van der Waals surface area contributed by atoms with E-state index >= 15 is 0 Å². The molecule has 0 unspecified atom stereocenters. The van der Waals surface area contributed by atoms with Crippen molar-refractivity contribution in [3.8, 4) is 11.6 Å². The first-order chi connectivity index (χ1) is 15.8. The maximum atomic E-state index is 11.6. The first-order valence-electron chi connectivity index (χ1n) is 9.79. The average Bonchev–Trinajstić information content (AvgIpc) is 3.23. The topological polar surface area (TPSA) is 110 Å². The predicted octanol–water partition coefficient (Wildman–Crippen LogP) is 4.90. The summed E-state index contributed by atoms with van der Waals surface area (Å²) in [5.74, 6) is 0.876. The van der Waals surface area contributed by atoms with Crippen molar-refractivity contribution < 1.29 is 17.9 Å². The van der Waals surface area contributed by atoms with Crippen molar-refractivity contribution in [1.82, 2.24) is 9.97 Å². The number of carbonyl (C=O) groups is 1. The van der Waals surface area contributed by atoms with Crippen LogP contribution in [0.25, 0.3) is 10.2 Å². The Kier molecular flexibility index (Phi) is 6.38. The van der Waals surface area contributed by atoms with Crippen LogP contribution in [0.5, 0.6) is 11.6 Å². The Hall–Kier alpha value is -3.76. The molecule has 0 atom stereocenters. The van der Waals surface area contributed by atoms with Gasteiger partial charge in [0.25, 0.3) is 0 Å². The molecule has 0 aliphatic rings. The maximum Gasteiger partial charge on any atom is 0.247 e. The number of anilines is 3. The molecule has 0 saturated heterocycles. The lowest BCUT2D eigenvalue weighted by Crippen LogP contribution is -2.07. The van der Waals surface area contributed by atoms with Crippen LogP contribution >= 0.6 is 11.3 Å². The normalized spacial score (nSPS) is 11.2. The molecule has 10 heteroatoms. The Morgan fingerprint density at radius 2 is 1.91 bits per heavy atom. The van der Waals surface area contributed by atoms with Crippen LogP contribution in [0.1, 0.15) is 5.56 Å². The number of amides is 1. The predicted molar refractivity (Wildman–Crippen MR) is 131 cm³/mol. The highest BCUT2D eigenvalue weighted by Gasteiger charge is 2.13. The highest BCUT2D eigenvalue weighted by Crippen LogP contribution is 2.33. The van der Waals surface area contributed by atoms with Gasteiger partial charge in [0.1, 0.15) is 10.4 Å². The number of nitrogens with one attached hydrogen (secondary N) is 2. The molecule has 168 valence electrons. The molecule has 0 aliphatic carbocycles. The van der Waals surface area contributed by atoms with E-state index in [4.69, 9.17) is 4.74 Å². The molecule has 0 saturated carbocycles. The molecule has 0 radical (unpaired) electrons. The minimum atomic E-state index is -3.10. The third-order valence-corrected chi connectivity index (χ3v) is 6.16. The Labute approximate surface area is 194 Å². The monoisotopic (exact) mass is 480 g/mol. The van der Waals surface area contributed by atoms with Gasteiger partial charge in [0.05, 0.1) is 11.3 Å². The van der Waals surface area contributed by atoms with Gasteiger partial charge >= 0.3 is 0 Å². The second-order valence-corrected chi connectivity index (χ2v) is 10.3. The standard InChI is InChI=1S/C23H20N4O4S2/c1-3-20(28)24-17-5-4-6-18(13-17)31-22-21-19(11-12-32-21)26-23(27-22)25-16-9-7-15(8-10-16)14-33(2,29)30/h3-13H,1,14H2,2H3,(H,24,28)(H,25,26,27). The number of hydrogen-bond donors (Lipinski definition) is 2. The number of benzene rings is 2. The number of fused-ring (bicyclic) bond motifs is 1. The molecule has 1 amide bonds. The summed E-state index contributed by atoms with van der Waals surface area (Å²) >= 11 is 1.46. The van der Waals surface area contributed by atoms with E-state index in [0.717, 1.165) is 10.2 Å². The number of thiophene rings is 1. The van der Waals surface area contributed by atoms with Crippen LogP contribution in [0.3, 0.4) is 0 Å². The largest absolute Gasteiger partial charge is 0.437 e. The SMILES string of the molecule is C=CC(=O)Nc1cccc(Oc2nc(Nc3ccc(CS(C)(=O)=O)cc3)nc3ccsc23)c1. The van der Waals surface area contributed by atoms with Crippen LogP contribution in [0.15, 0.2) is 72.6 Å². The minimum Gasteiger partial charge on any atom is -0.437 e. The van der Waals surface area contributed by atoms with Crippen LogP contribution in [0.4, 0.5) is 17.3 Å². The summed E-state index contributed by atoms with van der Waals surface area (Å²) < 4.78 is 29.8. The summed E-state index contributed by atoms with van der Waals surface area (Å²) in [5, 5.41) is 7.73. The van der Waals surface area contributed by atoms with Gasteiger partial charge in [-0.25, -0.2) is 13.4 Å². The molecule has 4 rings (SSSR count). The van der Waals surface area contributed by atoms with E-state index in [9.17, 15) is 13.2 Å². The van der Waals surface area contributed by atoms with Gasteiger partial charge in [-0.1, -0.05) is 24.8 Å². The fourth-order valence-corrected chi connectivity index (χ4v) is 4.57.